The zero-order valence-corrected chi connectivity index (χ0v) is 14.7. The van der Waals surface area contributed by atoms with Gasteiger partial charge in [0.15, 0.2) is 5.88 Å². The molecule has 0 aliphatic heterocycles. The summed E-state index contributed by atoms with van der Waals surface area (Å²) in [4.78, 5) is 14.1. The Morgan fingerprint density at radius 3 is 2.68 bits per heavy atom. The Labute approximate surface area is 147 Å². The first-order valence-electron chi connectivity index (χ1n) is 7.86. The van der Waals surface area contributed by atoms with Gasteiger partial charge in [0.25, 0.3) is 5.91 Å². The van der Waals surface area contributed by atoms with Gasteiger partial charge < -0.3 is 19.4 Å². The molecule has 0 aliphatic carbocycles. The first-order chi connectivity index (χ1) is 11.9. The van der Waals surface area contributed by atoms with E-state index in [2.05, 4.69) is 5.32 Å². The third-order valence-corrected chi connectivity index (χ3v) is 3.17. The smallest absolute Gasteiger partial charge is 0.266 e. The average molecular weight is 339 g/mol. The third kappa shape index (κ3) is 5.15. The molecule has 1 aromatic carbocycles. The van der Waals surface area contributed by atoms with Gasteiger partial charge in [-0.15, -0.1) is 0 Å². The molecule has 0 fully saturated rings. The van der Waals surface area contributed by atoms with E-state index in [0.717, 1.165) is 0 Å². The molecule has 0 aliphatic rings. The SMILES string of the molecule is CC(C)Oc1cccc(NC(=O)C(C#N)=Cc2ccc(N(C)C)o2)c1. The van der Waals surface area contributed by atoms with Crippen LogP contribution in [0.25, 0.3) is 6.08 Å². The third-order valence-electron chi connectivity index (χ3n) is 3.17. The molecule has 2 aromatic rings. The number of amides is 1. The molecular weight excluding hydrogens is 318 g/mol. The Balaban J connectivity index is 2.14. The molecule has 0 saturated carbocycles. The predicted molar refractivity (Wildman–Crippen MR) is 97.5 cm³/mol. The van der Waals surface area contributed by atoms with Crippen LogP contribution in [0.4, 0.5) is 11.6 Å². The van der Waals surface area contributed by atoms with Crippen molar-refractivity contribution >= 4 is 23.6 Å². The van der Waals surface area contributed by atoms with Crippen LogP contribution in [0.15, 0.2) is 46.4 Å². The number of nitriles is 1. The van der Waals surface area contributed by atoms with Crippen molar-refractivity contribution in [3.05, 3.63) is 47.7 Å². The summed E-state index contributed by atoms with van der Waals surface area (Å²) >= 11 is 0. The summed E-state index contributed by atoms with van der Waals surface area (Å²) in [6.45, 7) is 3.85. The molecule has 2 rings (SSSR count). The number of nitrogens with zero attached hydrogens (tertiary/aromatic N) is 2. The van der Waals surface area contributed by atoms with Gasteiger partial charge in [0.1, 0.15) is 23.2 Å². The molecule has 6 nitrogen and oxygen atoms in total. The van der Waals surface area contributed by atoms with Crippen LogP contribution in [0, 0.1) is 11.3 Å². The molecule has 25 heavy (non-hydrogen) atoms. The lowest BCUT2D eigenvalue weighted by atomic mass is 10.2. The van der Waals surface area contributed by atoms with Crippen LogP contribution in [-0.4, -0.2) is 26.1 Å². The van der Waals surface area contributed by atoms with E-state index in [9.17, 15) is 10.1 Å². The topological polar surface area (TPSA) is 78.5 Å². The van der Waals surface area contributed by atoms with Crippen LogP contribution in [0.3, 0.4) is 0 Å². The standard InChI is InChI=1S/C19H21N3O3/c1-13(2)24-16-7-5-6-15(11-16)21-19(23)14(12-20)10-17-8-9-18(25-17)22(3)4/h5-11,13H,1-4H3,(H,21,23). The number of furan rings is 1. The van der Waals surface area contributed by atoms with Gasteiger partial charge >= 0.3 is 0 Å². The molecule has 0 unspecified atom stereocenters. The molecule has 0 bridgehead atoms. The van der Waals surface area contributed by atoms with Gasteiger partial charge in [0.05, 0.1) is 6.10 Å². The number of anilines is 2. The molecule has 0 atom stereocenters. The minimum atomic E-state index is -0.507. The van der Waals surface area contributed by atoms with Crippen molar-refractivity contribution in [2.24, 2.45) is 0 Å². The van der Waals surface area contributed by atoms with Crippen LogP contribution in [-0.2, 0) is 4.79 Å². The van der Waals surface area contributed by atoms with E-state index in [1.807, 2.05) is 40.1 Å². The molecule has 0 spiro atoms. The quantitative estimate of drug-likeness (QED) is 0.641. The van der Waals surface area contributed by atoms with Gasteiger partial charge in [-0.2, -0.15) is 5.26 Å². The lowest BCUT2D eigenvalue weighted by Gasteiger charge is -2.11. The zero-order valence-electron chi connectivity index (χ0n) is 14.7. The van der Waals surface area contributed by atoms with Crippen molar-refractivity contribution in [1.29, 1.82) is 5.26 Å². The number of ether oxygens (including phenoxy) is 1. The Kier molecular flexibility index (Phi) is 5.85. The van der Waals surface area contributed by atoms with E-state index in [0.29, 0.717) is 23.1 Å². The molecule has 1 N–H and O–H groups in total. The predicted octanol–water partition coefficient (Wildman–Crippen LogP) is 3.68. The maximum absolute atomic E-state index is 12.3. The molecule has 0 saturated heterocycles. The van der Waals surface area contributed by atoms with Crippen LogP contribution >= 0.6 is 0 Å². The van der Waals surface area contributed by atoms with Crippen LogP contribution in [0.1, 0.15) is 19.6 Å². The molecule has 1 aromatic heterocycles. The molecular formula is C19H21N3O3. The molecule has 0 radical (unpaired) electrons. The van der Waals surface area contributed by atoms with Crippen LogP contribution in [0.2, 0.25) is 0 Å². The monoisotopic (exact) mass is 339 g/mol. The fourth-order valence-corrected chi connectivity index (χ4v) is 2.07. The van der Waals surface area contributed by atoms with Gasteiger partial charge in [-0.1, -0.05) is 6.07 Å². The number of carbonyl (C=O) groups excluding carboxylic acids is 1. The van der Waals surface area contributed by atoms with Crippen molar-refractivity contribution in [2.75, 3.05) is 24.3 Å². The summed E-state index contributed by atoms with van der Waals surface area (Å²) in [5, 5.41) is 12.0. The van der Waals surface area contributed by atoms with E-state index >= 15 is 0 Å². The van der Waals surface area contributed by atoms with Gasteiger partial charge in [0, 0.05) is 38.0 Å². The van der Waals surface area contributed by atoms with Crippen molar-refractivity contribution in [2.45, 2.75) is 20.0 Å². The van der Waals surface area contributed by atoms with Crippen molar-refractivity contribution < 1.29 is 13.9 Å². The van der Waals surface area contributed by atoms with Gasteiger partial charge in [-0.25, -0.2) is 0 Å². The van der Waals surface area contributed by atoms with Gasteiger partial charge in [-0.3, -0.25) is 4.79 Å². The van der Waals surface area contributed by atoms with E-state index in [-0.39, 0.29) is 11.7 Å². The van der Waals surface area contributed by atoms with E-state index in [1.54, 1.807) is 35.2 Å². The largest absolute Gasteiger partial charge is 0.491 e. The van der Waals surface area contributed by atoms with Crippen LogP contribution in [0.5, 0.6) is 5.75 Å². The highest BCUT2D eigenvalue weighted by Crippen LogP contribution is 2.21. The second kappa shape index (κ2) is 8.06. The van der Waals surface area contributed by atoms with Crippen molar-refractivity contribution in [3.63, 3.8) is 0 Å². The number of rotatable bonds is 6. The number of hydrogen-bond donors (Lipinski definition) is 1. The fourth-order valence-electron chi connectivity index (χ4n) is 2.07. The fraction of sp³-hybridized carbons (Fsp3) is 0.263. The lowest BCUT2D eigenvalue weighted by molar-refractivity contribution is -0.112. The van der Waals surface area contributed by atoms with Gasteiger partial charge in [-0.05, 0) is 32.0 Å². The lowest BCUT2D eigenvalue weighted by Crippen LogP contribution is -2.13. The maximum Gasteiger partial charge on any atom is 0.266 e. The summed E-state index contributed by atoms with van der Waals surface area (Å²) in [7, 11) is 3.69. The maximum atomic E-state index is 12.3. The van der Waals surface area contributed by atoms with Crippen molar-refractivity contribution in [1.82, 2.24) is 0 Å². The summed E-state index contributed by atoms with van der Waals surface area (Å²) in [6, 6.07) is 12.4. The second-order valence-electron chi connectivity index (χ2n) is 5.89. The van der Waals surface area contributed by atoms with E-state index in [4.69, 9.17) is 9.15 Å². The normalized spacial score (nSPS) is 11.1. The average Bonchev–Trinajstić information content (AvgIpc) is 3.01. The second-order valence-corrected chi connectivity index (χ2v) is 5.89. The minimum Gasteiger partial charge on any atom is -0.491 e. The molecule has 1 amide bonds. The summed E-state index contributed by atoms with van der Waals surface area (Å²) < 4.78 is 11.1. The molecule has 130 valence electrons. The number of nitrogens with one attached hydrogen (secondary N) is 1. The van der Waals surface area contributed by atoms with Crippen LogP contribution < -0.4 is 15.0 Å². The first-order valence-corrected chi connectivity index (χ1v) is 7.86. The summed E-state index contributed by atoms with van der Waals surface area (Å²) in [6.07, 6.45) is 1.45. The Morgan fingerprint density at radius 1 is 1.32 bits per heavy atom. The molecule has 6 heteroatoms. The number of benzene rings is 1. The Hall–Kier alpha value is -3.20. The minimum absolute atomic E-state index is 0.0327. The highest BCUT2D eigenvalue weighted by molar-refractivity contribution is 6.09. The summed E-state index contributed by atoms with van der Waals surface area (Å²) in [5.41, 5.74) is 0.507. The Bertz CT molecular complexity index is 813. The van der Waals surface area contributed by atoms with E-state index in [1.165, 1.54) is 6.08 Å². The zero-order chi connectivity index (χ0) is 18.4. The van der Waals surface area contributed by atoms with Crippen molar-refractivity contribution in [3.8, 4) is 11.8 Å². The highest BCUT2D eigenvalue weighted by atomic mass is 16.5. The first kappa shape index (κ1) is 18.1. The van der Waals surface area contributed by atoms with Gasteiger partial charge in [0.2, 0.25) is 0 Å². The summed E-state index contributed by atoms with van der Waals surface area (Å²) in [5.74, 6) is 1.22. The van der Waals surface area contributed by atoms with E-state index < -0.39 is 5.91 Å². The Morgan fingerprint density at radius 2 is 2.08 bits per heavy atom. The molecule has 1 heterocycles. The number of carbonyl (C=O) groups is 1. The highest BCUT2D eigenvalue weighted by Gasteiger charge is 2.12. The number of hydrogen-bond acceptors (Lipinski definition) is 5.